The first-order chi connectivity index (χ1) is 14.6. The Bertz CT molecular complexity index is 965. The van der Waals surface area contributed by atoms with Crippen molar-refractivity contribution in [1.82, 2.24) is 14.7 Å². The van der Waals surface area contributed by atoms with Crippen LogP contribution in [0.25, 0.3) is 0 Å². The molecule has 1 saturated heterocycles. The number of carbonyl (C=O) groups excluding carboxylic acids is 1. The highest BCUT2D eigenvalue weighted by atomic mass is 35.5. The Labute approximate surface area is 188 Å². The normalized spacial score (nSPS) is 19.5. The van der Waals surface area contributed by atoms with Gasteiger partial charge in [-0.05, 0) is 49.4 Å². The highest BCUT2D eigenvalue weighted by Gasteiger charge is 2.39. The van der Waals surface area contributed by atoms with Gasteiger partial charge in [0.1, 0.15) is 12.3 Å². The number of likely N-dealkylation sites (tertiary alicyclic amines) is 1. The number of piperidine rings is 1. The maximum atomic E-state index is 13.0. The first-order valence-electron chi connectivity index (χ1n) is 9.68. The van der Waals surface area contributed by atoms with Crippen molar-refractivity contribution in [3.8, 4) is 5.75 Å². The minimum absolute atomic E-state index is 0.0170. The van der Waals surface area contributed by atoms with Crippen LogP contribution in [0.1, 0.15) is 29.3 Å². The second kappa shape index (κ2) is 9.26. The molecule has 0 radical (unpaired) electrons. The lowest BCUT2D eigenvalue weighted by Crippen LogP contribution is -2.46. The number of aromatic nitrogens is 2. The first-order valence-corrected chi connectivity index (χ1v) is 10.4. The summed E-state index contributed by atoms with van der Waals surface area (Å²) >= 11 is 11.9. The molecule has 11 heteroatoms. The van der Waals surface area contributed by atoms with Crippen molar-refractivity contribution in [3.63, 3.8) is 0 Å². The van der Waals surface area contributed by atoms with Gasteiger partial charge < -0.3 is 15.4 Å². The van der Waals surface area contributed by atoms with Gasteiger partial charge in [0.15, 0.2) is 5.69 Å². The molecule has 6 nitrogen and oxygen atoms in total. The molecule has 2 unspecified atom stereocenters. The molecular formula is C20H23Cl2F3N4O2. The molecule has 2 heterocycles. The molecule has 3 rings (SSSR count). The highest BCUT2D eigenvalue weighted by molar-refractivity contribution is 6.32. The lowest BCUT2D eigenvalue weighted by molar-refractivity contribution is -0.142. The molecule has 2 N–H and O–H groups in total. The van der Waals surface area contributed by atoms with Crippen molar-refractivity contribution in [1.29, 1.82) is 0 Å². The van der Waals surface area contributed by atoms with E-state index in [1.54, 1.807) is 18.1 Å². The van der Waals surface area contributed by atoms with Crippen LogP contribution in [0.15, 0.2) is 18.2 Å². The van der Waals surface area contributed by atoms with E-state index >= 15 is 0 Å². The maximum Gasteiger partial charge on any atom is 0.436 e. The van der Waals surface area contributed by atoms with E-state index in [0.717, 1.165) is 10.2 Å². The molecule has 0 aliphatic carbocycles. The summed E-state index contributed by atoms with van der Waals surface area (Å²) in [6, 6.07) is 5.56. The van der Waals surface area contributed by atoms with Crippen LogP contribution >= 0.6 is 23.2 Å². The predicted octanol–water partition coefficient (Wildman–Crippen LogP) is 4.12. The number of carbonyl (C=O) groups is 1. The van der Waals surface area contributed by atoms with E-state index in [9.17, 15) is 18.0 Å². The summed E-state index contributed by atoms with van der Waals surface area (Å²) in [6.45, 7) is 2.28. The third-order valence-electron chi connectivity index (χ3n) is 5.68. The Morgan fingerprint density at radius 1 is 1.35 bits per heavy atom. The zero-order valence-electron chi connectivity index (χ0n) is 17.0. The van der Waals surface area contributed by atoms with Gasteiger partial charge in [-0.25, -0.2) is 0 Å². The second-order valence-electron chi connectivity index (χ2n) is 7.53. The van der Waals surface area contributed by atoms with E-state index in [0.29, 0.717) is 36.8 Å². The summed E-state index contributed by atoms with van der Waals surface area (Å²) in [6.07, 6.45) is -4.02. The quantitative estimate of drug-likeness (QED) is 0.701. The van der Waals surface area contributed by atoms with Crippen molar-refractivity contribution in [2.24, 2.45) is 11.7 Å². The van der Waals surface area contributed by atoms with E-state index < -0.39 is 16.9 Å². The molecule has 1 fully saturated rings. The Kier molecular flexibility index (Phi) is 7.08. The number of hydrogen-bond donors (Lipinski definition) is 1. The fourth-order valence-corrected chi connectivity index (χ4v) is 4.37. The molecule has 31 heavy (non-hydrogen) atoms. The predicted molar refractivity (Wildman–Crippen MR) is 111 cm³/mol. The zero-order valence-corrected chi connectivity index (χ0v) is 18.6. The standard InChI is InChI=1S/C20H23Cl2F3N4O2/c1-11-18(22)19(20(23,24)25)27-29(11)10-17(30)28-6-5-14(13(8-26)9-28)12-3-4-15(21)16(7-12)31-2/h3-4,7,13-14H,5-6,8-10,26H2,1-2H3. The van der Waals surface area contributed by atoms with Crippen LogP contribution in [0.3, 0.4) is 0 Å². The zero-order chi connectivity index (χ0) is 22.9. The Morgan fingerprint density at radius 3 is 2.65 bits per heavy atom. The summed E-state index contributed by atoms with van der Waals surface area (Å²) in [7, 11) is 1.54. The summed E-state index contributed by atoms with van der Waals surface area (Å²) in [5.74, 6) is 0.330. The van der Waals surface area contributed by atoms with Gasteiger partial charge >= 0.3 is 6.18 Å². The van der Waals surface area contributed by atoms with Crippen LogP contribution in [-0.2, 0) is 17.5 Å². The Morgan fingerprint density at radius 2 is 2.06 bits per heavy atom. The molecule has 170 valence electrons. The monoisotopic (exact) mass is 478 g/mol. The van der Waals surface area contributed by atoms with Gasteiger partial charge in [0.25, 0.3) is 0 Å². The number of halogens is 5. The van der Waals surface area contributed by atoms with Gasteiger partial charge in [-0.2, -0.15) is 18.3 Å². The molecule has 1 aromatic carbocycles. The SMILES string of the molecule is COc1cc(C2CCN(C(=O)Cn3nc(C(F)(F)F)c(Cl)c3C)CC2CN)ccc1Cl. The van der Waals surface area contributed by atoms with Crippen LogP contribution in [0.2, 0.25) is 10.0 Å². The van der Waals surface area contributed by atoms with Crippen LogP contribution < -0.4 is 10.5 Å². The van der Waals surface area contributed by atoms with E-state index in [-0.39, 0.29) is 30.0 Å². The minimum Gasteiger partial charge on any atom is -0.495 e. The number of nitrogens with two attached hydrogens (primary N) is 1. The molecule has 0 spiro atoms. The molecule has 2 aromatic rings. The summed E-state index contributed by atoms with van der Waals surface area (Å²) in [5.41, 5.74) is 5.92. The molecule has 1 aliphatic heterocycles. The van der Waals surface area contributed by atoms with E-state index in [1.165, 1.54) is 6.92 Å². The van der Waals surface area contributed by atoms with Crippen LogP contribution in [0.4, 0.5) is 13.2 Å². The number of alkyl halides is 3. The average molecular weight is 479 g/mol. The van der Waals surface area contributed by atoms with E-state index in [2.05, 4.69) is 5.10 Å². The third-order valence-corrected chi connectivity index (χ3v) is 6.44. The number of benzene rings is 1. The van der Waals surface area contributed by atoms with Crippen molar-refractivity contribution in [3.05, 3.63) is 45.2 Å². The lowest BCUT2D eigenvalue weighted by atomic mass is 9.80. The maximum absolute atomic E-state index is 13.0. The summed E-state index contributed by atoms with van der Waals surface area (Å²) < 4.78 is 45.4. The van der Waals surface area contributed by atoms with Crippen molar-refractivity contribution in [2.75, 3.05) is 26.7 Å². The third kappa shape index (κ3) is 4.94. The van der Waals surface area contributed by atoms with Gasteiger partial charge in [0, 0.05) is 13.1 Å². The molecule has 0 saturated carbocycles. The Hall–Kier alpha value is -1.97. The molecule has 2 atom stereocenters. The number of amides is 1. The fourth-order valence-electron chi connectivity index (χ4n) is 3.93. The molecule has 1 aliphatic rings. The largest absolute Gasteiger partial charge is 0.495 e. The van der Waals surface area contributed by atoms with Crippen molar-refractivity contribution >= 4 is 29.1 Å². The smallest absolute Gasteiger partial charge is 0.436 e. The molecule has 1 amide bonds. The molecule has 1 aromatic heterocycles. The number of rotatable bonds is 5. The Balaban J connectivity index is 1.73. The highest BCUT2D eigenvalue weighted by Crippen LogP contribution is 2.37. The number of hydrogen-bond acceptors (Lipinski definition) is 4. The average Bonchev–Trinajstić information content (AvgIpc) is 3.02. The van der Waals surface area contributed by atoms with Gasteiger partial charge in [0.2, 0.25) is 5.91 Å². The number of methoxy groups -OCH3 is 1. The topological polar surface area (TPSA) is 73.4 Å². The van der Waals surface area contributed by atoms with Crippen molar-refractivity contribution < 1.29 is 22.7 Å². The van der Waals surface area contributed by atoms with Crippen LogP contribution in [0.5, 0.6) is 5.75 Å². The molecule has 0 bridgehead atoms. The first kappa shape index (κ1) is 23.7. The van der Waals surface area contributed by atoms with Crippen LogP contribution in [0, 0.1) is 12.8 Å². The van der Waals surface area contributed by atoms with Gasteiger partial charge in [-0.3, -0.25) is 9.48 Å². The van der Waals surface area contributed by atoms with Gasteiger partial charge in [-0.15, -0.1) is 0 Å². The minimum atomic E-state index is -4.68. The van der Waals surface area contributed by atoms with E-state index in [1.807, 2.05) is 12.1 Å². The van der Waals surface area contributed by atoms with E-state index in [4.69, 9.17) is 33.7 Å². The van der Waals surface area contributed by atoms with Gasteiger partial charge in [-0.1, -0.05) is 29.3 Å². The summed E-state index contributed by atoms with van der Waals surface area (Å²) in [5, 5.41) is 3.52. The molecular weight excluding hydrogens is 456 g/mol. The second-order valence-corrected chi connectivity index (χ2v) is 8.31. The lowest BCUT2D eigenvalue weighted by Gasteiger charge is -2.38. The summed E-state index contributed by atoms with van der Waals surface area (Å²) in [4.78, 5) is 14.4. The van der Waals surface area contributed by atoms with Crippen LogP contribution in [-0.4, -0.2) is 47.3 Å². The number of nitrogens with zero attached hydrogens (tertiary/aromatic N) is 3. The fraction of sp³-hybridized carbons (Fsp3) is 0.500. The van der Waals surface area contributed by atoms with Crippen molar-refractivity contribution in [2.45, 2.75) is 32.0 Å². The van der Waals surface area contributed by atoms with Gasteiger partial charge in [0.05, 0.1) is 22.8 Å². The number of ether oxygens (including phenoxy) is 1.